The highest BCUT2D eigenvalue weighted by atomic mass is 35.5. The Hall–Kier alpha value is -1.10. The predicted octanol–water partition coefficient (Wildman–Crippen LogP) is 2.95. The van der Waals surface area contributed by atoms with Crippen LogP contribution in [0, 0.1) is 5.92 Å². The second kappa shape index (κ2) is 6.19. The monoisotopic (exact) mass is 318 g/mol. The Labute approximate surface area is 136 Å². The summed E-state index contributed by atoms with van der Waals surface area (Å²) in [6.07, 6.45) is 9.39. The lowest BCUT2D eigenvalue weighted by Crippen LogP contribution is -2.42. The molecule has 2 aromatic heterocycles. The zero-order valence-electron chi connectivity index (χ0n) is 12.8. The lowest BCUT2D eigenvalue weighted by atomic mass is 10.0. The van der Waals surface area contributed by atoms with Crippen LogP contribution in [0.5, 0.6) is 0 Å². The smallest absolute Gasteiger partial charge is 0.137 e. The molecule has 2 fully saturated rings. The molecule has 3 heterocycles. The Kier molecular flexibility index (Phi) is 4.07. The summed E-state index contributed by atoms with van der Waals surface area (Å²) in [7, 11) is 0. The van der Waals surface area contributed by atoms with E-state index >= 15 is 0 Å². The highest BCUT2D eigenvalue weighted by molar-refractivity contribution is 6.30. The number of nitrogens with one attached hydrogen (secondary N) is 1. The first-order valence-electron chi connectivity index (χ1n) is 8.35. The van der Waals surface area contributed by atoms with Crippen LogP contribution in [0.1, 0.15) is 31.4 Å². The molecule has 1 aliphatic carbocycles. The van der Waals surface area contributed by atoms with Crippen LogP contribution < -0.4 is 5.32 Å². The van der Waals surface area contributed by atoms with Gasteiger partial charge in [0.25, 0.3) is 0 Å². The zero-order valence-corrected chi connectivity index (χ0v) is 13.6. The lowest BCUT2D eigenvalue weighted by molar-refractivity contribution is 0.188. The molecule has 118 valence electrons. The number of hydrogen-bond donors (Lipinski definition) is 1. The van der Waals surface area contributed by atoms with E-state index in [0.29, 0.717) is 0 Å². The maximum atomic E-state index is 6.03. The quantitative estimate of drug-likeness (QED) is 0.920. The maximum Gasteiger partial charge on any atom is 0.137 e. The molecule has 4 nitrogen and oxygen atoms in total. The molecule has 5 heteroatoms. The second-order valence-electron chi connectivity index (χ2n) is 6.75. The fraction of sp³-hybridized carbons (Fsp3) is 0.588. The van der Waals surface area contributed by atoms with E-state index in [1.807, 2.05) is 22.7 Å². The van der Waals surface area contributed by atoms with Gasteiger partial charge in [0.1, 0.15) is 5.65 Å². The van der Waals surface area contributed by atoms with E-state index in [4.69, 9.17) is 11.6 Å². The van der Waals surface area contributed by atoms with Gasteiger partial charge in [0.2, 0.25) is 0 Å². The van der Waals surface area contributed by atoms with E-state index in [1.165, 1.54) is 32.2 Å². The summed E-state index contributed by atoms with van der Waals surface area (Å²) < 4.78 is 2.02. The van der Waals surface area contributed by atoms with E-state index in [0.717, 1.165) is 48.0 Å². The first-order valence-corrected chi connectivity index (χ1v) is 8.73. The first-order chi connectivity index (χ1) is 10.8. The van der Waals surface area contributed by atoms with E-state index < -0.39 is 0 Å². The van der Waals surface area contributed by atoms with Gasteiger partial charge >= 0.3 is 0 Å². The highest BCUT2D eigenvalue weighted by Crippen LogP contribution is 2.28. The number of fused-ring (bicyclic) bond motifs is 1. The van der Waals surface area contributed by atoms with Crippen LogP contribution in [0.3, 0.4) is 0 Å². The average molecular weight is 319 g/mol. The SMILES string of the molecule is Clc1ccc2nc(CN3CCC(NCC4CC4)CC3)cn2c1. The molecule has 1 aliphatic heterocycles. The molecule has 0 atom stereocenters. The van der Waals surface area contributed by atoms with E-state index in [2.05, 4.69) is 21.4 Å². The minimum Gasteiger partial charge on any atom is -0.314 e. The van der Waals surface area contributed by atoms with Crippen molar-refractivity contribution in [2.75, 3.05) is 19.6 Å². The van der Waals surface area contributed by atoms with Gasteiger partial charge in [0.15, 0.2) is 0 Å². The zero-order chi connectivity index (χ0) is 14.9. The number of imidazole rings is 1. The van der Waals surface area contributed by atoms with Crippen LogP contribution >= 0.6 is 11.6 Å². The molecule has 0 spiro atoms. The van der Waals surface area contributed by atoms with Crippen LogP contribution in [-0.4, -0.2) is 40.0 Å². The number of aromatic nitrogens is 2. The topological polar surface area (TPSA) is 32.6 Å². The minimum absolute atomic E-state index is 0.719. The summed E-state index contributed by atoms with van der Waals surface area (Å²) in [6.45, 7) is 4.50. The second-order valence-corrected chi connectivity index (χ2v) is 7.18. The number of hydrogen-bond acceptors (Lipinski definition) is 3. The minimum atomic E-state index is 0.719. The molecule has 2 aliphatic rings. The van der Waals surface area contributed by atoms with Gasteiger partial charge in [-0.15, -0.1) is 0 Å². The Morgan fingerprint density at radius 3 is 2.73 bits per heavy atom. The Bertz CT molecular complexity index is 641. The van der Waals surface area contributed by atoms with E-state index in [9.17, 15) is 0 Å². The highest BCUT2D eigenvalue weighted by Gasteiger charge is 2.24. The van der Waals surface area contributed by atoms with Gasteiger partial charge in [0.05, 0.1) is 10.7 Å². The molecular formula is C17H23ClN4. The average Bonchev–Trinajstić information content (AvgIpc) is 3.26. The van der Waals surface area contributed by atoms with Crippen molar-refractivity contribution in [3.63, 3.8) is 0 Å². The summed E-state index contributed by atoms with van der Waals surface area (Å²) in [6, 6.07) is 4.58. The Morgan fingerprint density at radius 1 is 1.14 bits per heavy atom. The van der Waals surface area contributed by atoms with Gasteiger partial charge in [-0.05, 0) is 50.3 Å². The predicted molar refractivity (Wildman–Crippen MR) is 89.2 cm³/mol. The molecule has 0 amide bonds. The van der Waals surface area contributed by atoms with E-state index in [1.54, 1.807) is 0 Å². The maximum absolute atomic E-state index is 6.03. The molecule has 0 unspecified atom stereocenters. The number of piperidine rings is 1. The third-order valence-electron chi connectivity index (χ3n) is 4.83. The Morgan fingerprint density at radius 2 is 1.95 bits per heavy atom. The summed E-state index contributed by atoms with van der Waals surface area (Å²) >= 11 is 6.03. The van der Waals surface area contributed by atoms with Crippen LogP contribution in [0.4, 0.5) is 0 Å². The van der Waals surface area contributed by atoms with Crippen molar-refractivity contribution < 1.29 is 0 Å². The molecule has 0 bridgehead atoms. The third-order valence-corrected chi connectivity index (χ3v) is 5.05. The normalized spacial score (nSPS) is 20.8. The van der Waals surface area contributed by atoms with Crippen LogP contribution in [0.2, 0.25) is 5.02 Å². The number of pyridine rings is 1. The fourth-order valence-corrected chi connectivity index (χ4v) is 3.44. The number of nitrogens with zero attached hydrogens (tertiary/aromatic N) is 3. The van der Waals surface area contributed by atoms with Crippen molar-refractivity contribution in [1.82, 2.24) is 19.6 Å². The van der Waals surface area contributed by atoms with Crippen molar-refractivity contribution in [1.29, 1.82) is 0 Å². The molecule has 1 saturated heterocycles. The number of likely N-dealkylation sites (tertiary alicyclic amines) is 1. The summed E-state index contributed by atoms with van der Waals surface area (Å²) in [4.78, 5) is 7.19. The van der Waals surface area contributed by atoms with Crippen LogP contribution in [-0.2, 0) is 6.54 Å². The molecule has 1 saturated carbocycles. The number of rotatable bonds is 5. The molecule has 1 N–H and O–H groups in total. The third kappa shape index (κ3) is 3.45. The van der Waals surface area contributed by atoms with Crippen molar-refractivity contribution >= 4 is 17.2 Å². The van der Waals surface area contributed by atoms with Gasteiger partial charge in [-0.3, -0.25) is 4.90 Å². The van der Waals surface area contributed by atoms with Crippen molar-refractivity contribution in [2.45, 2.75) is 38.3 Å². The fourth-order valence-electron chi connectivity index (χ4n) is 3.27. The van der Waals surface area contributed by atoms with E-state index in [-0.39, 0.29) is 0 Å². The van der Waals surface area contributed by atoms with Gasteiger partial charge in [-0.25, -0.2) is 4.98 Å². The van der Waals surface area contributed by atoms with Gasteiger partial charge in [-0.1, -0.05) is 11.6 Å². The molecular weight excluding hydrogens is 296 g/mol. The first kappa shape index (κ1) is 14.5. The number of halogens is 1. The van der Waals surface area contributed by atoms with Crippen molar-refractivity contribution in [3.8, 4) is 0 Å². The van der Waals surface area contributed by atoms with Gasteiger partial charge in [-0.2, -0.15) is 0 Å². The van der Waals surface area contributed by atoms with Crippen molar-refractivity contribution in [2.24, 2.45) is 5.92 Å². The van der Waals surface area contributed by atoms with Crippen LogP contribution in [0.25, 0.3) is 5.65 Å². The van der Waals surface area contributed by atoms with Gasteiger partial charge in [0, 0.05) is 38.1 Å². The largest absolute Gasteiger partial charge is 0.314 e. The standard InChI is InChI=1S/C17H23ClN4/c18-14-3-4-17-20-16(12-22(17)10-14)11-21-7-5-15(6-8-21)19-9-13-1-2-13/h3-4,10,12-13,15,19H,1-2,5-9,11H2. The lowest BCUT2D eigenvalue weighted by Gasteiger charge is -2.32. The summed E-state index contributed by atoms with van der Waals surface area (Å²) in [5.74, 6) is 0.975. The van der Waals surface area contributed by atoms with Crippen molar-refractivity contribution in [3.05, 3.63) is 35.2 Å². The molecule has 2 aromatic rings. The summed E-state index contributed by atoms with van der Waals surface area (Å²) in [5, 5.41) is 4.48. The molecule has 0 radical (unpaired) electrons. The molecule has 0 aromatic carbocycles. The molecule has 22 heavy (non-hydrogen) atoms. The Balaban J connectivity index is 1.31. The van der Waals surface area contributed by atoms with Crippen LogP contribution in [0.15, 0.2) is 24.5 Å². The summed E-state index contributed by atoms with van der Waals surface area (Å²) in [5.41, 5.74) is 2.10. The van der Waals surface area contributed by atoms with Gasteiger partial charge < -0.3 is 9.72 Å². The molecule has 4 rings (SSSR count).